The molecule has 0 aliphatic heterocycles. The minimum atomic E-state index is -0.00966. The van der Waals surface area contributed by atoms with E-state index in [1.54, 1.807) is 12.1 Å². The molecule has 1 aromatic carbocycles. The third-order valence-electron chi connectivity index (χ3n) is 2.31. The Labute approximate surface area is 97.5 Å². The number of ether oxygens (including phenoxy) is 2. The first-order chi connectivity index (χ1) is 8.15. The highest BCUT2D eigenvalue weighted by atomic mass is 16.5. The van der Waals surface area contributed by atoms with E-state index >= 15 is 0 Å². The van der Waals surface area contributed by atoms with E-state index in [2.05, 4.69) is 5.16 Å². The Hall–Kier alpha value is -2.37. The van der Waals surface area contributed by atoms with Crippen molar-refractivity contribution in [2.75, 3.05) is 20.0 Å². The van der Waals surface area contributed by atoms with Gasteiger partial charge in [-0.05, 0) is 6.07 Å². The molecule has 2 aromatic rings. The first-order valence-corrected chi connectivity index (χ1v) is 4.83. The number of aromatic nitrogens is 1. The Bertz CT molecular complexity index is 536. The molecule has 0 bridgehead atoms. The van der Waals surface area contributed by atoms with Crippen molar-refractivity contribution in [2.24, 2.45) is 0 Å². The quantitative estimate of drug-likeness (QED) is 0.841. The summed E-state index contributed by atoms with van der Waals surface area (Å²) in [4.78, 5) is 0. The number of anilines is 1. The van der Waals surface area contributed by atoms with Crippen molar-refractivity contribution in [1.82, 2.24) is 5.16 Å². The van der Waals surface area contributed by atoms with Crippen LogP contribution in [0.25, 0.3) is 11.3 Å². The summed E-state index contributed by atoms with van der Waals surface area (Å²) in [7, 11) is 2.96. The highest BCUT2D eigenvalue weighted by molar-refractivity contribution is 5.72. The van der Waals surface area contributed by atoms with Gasteiger partial charge in [0.1, 0.15) is 11.4 Å². The largest absolute Gasteiger partial charge is 0.504 e. The van der Waals surface area contributed by atoms with Crippen LogP contribution in [-0.2, 0) is 0 Å². The Balaban J connectivity index is 2.58. The average Bonchev–Trinajstić information content (AvgIpc) is 2.75. The van der Waals surface area contributed by atoms with Gasteiger partial charge in [0.2, 0.25) is 5.88 Å². The van der Waals surface area contributed by atoms with E-state index in [0.717, 1.165) is 0 Å². The van der Waals surface area contributed by atoms with Crippen LogP contribution >= 0.6 is 0 Å². The Kier molecular flexibility index (Phi) is 2.78. The number of benzene rings is 1. The van der Waals surface area contributed by atoms with Crippen LogP contribution in [0.5, 0.6) is 17.2 Å². The van der Waals surface area contributed by atoms with Crippen molar-refractivity contribution < 1.29 is 19.1 Å². The van der Waals surface area contributed by atoms with Crippen LogP contribution in [0.2, 0.25) is 0 Å². The standard InChI is InChI=1S/C11H12N2O4/c1-15-9-5-8(14)10(16-2)3-6(9)7-4-11(12)17-13-7/h3-5,14H,12H2,1-2H3. The summed E-state index contributed by atoms with van der Waals surface area (Å²) in [6.45, 7) is 0. The lowest BCUT2D eigenvalue weighted by Crippen LogP contribution is -1.91. The predicted molar refractivity (Wildman–Crippen MR) is 61.1 cm³/mol. The molecule has 1 aromatic heterocycles. The average molecular weight is 236 g/mol. The zero-order chi connectivity index (χ0) is 12.4. The van der Waals surface area contributed by atoms with Gasteiger partial charge in [-0.1, -0.05) is 5.16 Å². The molecular formula is C11H12N2O4. The molecule has 17 heavy (non-hydrogen) atoms. The SMILES string of the molecule is COc1cc(-c2cc(N)on2)c(OC)cc1O. The van der Waals surface area contributed by atoms with E-state index in [-0.39, 0.29) is 11.6 Å². The molecule has 6 heteroatoms. The van der Waals surface area contributed by atoms with Crippen molar-refractivity contribution in [3.05, 3.63) is 18.2 Å². The van der Waals surface area contributed by atoms with Crippen LogP contribution in [0.15, 0.2) is 22.7 Å². The molecule has 0 atom stereocenters. The third kappa shape index (κ3) is 1.96. The number of nitrogen functional groups attached to an aromatic ring is 1. The number of hydrogen-bond acceptors (Lipinski definition) is 6. The summed E-state index contributed by atoms with van der Waals surface area (Å²) in [5, 5.41) is 13.4. The molecule has 0 aliphatic rings. The molecule has 0 radical (unpaired) electrons. The fourth-order valence-corrected chi connectivity index (χ4v) is 1.50. The fourth-order valence-electron chi connectivity index (χ4n) is 1.50. The van der Waals surface area contributed by atoms with Gasteiger partial charge < -0.3 is 24.8 Å². The van der Waals surface area contributed by atoms with Gasteiger partial charge in [0.15, 0.2) is 11.5 Å². The Morgan fingerprint density at radius 2 is 1.88 bits per heavy atom. The van der Waals surface area contributed by atoms with Gasteiger partial charge in [0, 0.05) is 17.7 Å². The van der Waals surface area contributed by atoms with Crippen LogP contribution in [0.1, 0.15) is 0 Å². The summed E-state index contributed by atoms with van der Waals surface area (Å²) in [6.07, 6.45) is 0. The van der Waals surface area contributed by atoms with Crippen molar-refractivity contribution in [3.63, 3.8) is 0 Å². The van der Waals surface area contributed by atoms with Crippen molar-refractivity contribution in [3.8, 4) is 28.5 Å². The van der Waals surface area contributed by atoms with Gasteiger partial charge in [-0.2, -0.15) is 0 Å². The maximum absolute atomic E-state index is 9.63. The molecule has 0 saturated carbocycles. The van der Waals surface area contributed by atoms with Gasteiger partial charge in [0.25, 0.3) is 0 Å². The van der Waals surface area contributed by atoms with Gasteiger partial charge in [0.05, 0.1) is 14.2 Å². The molecule has 6 nitrogen and oxygen atoms in total. The molecule has 0 amide bonds. The monoisotopic (exact) mass is 236 g/mol. The summed E-state index contributed by atoms with van der Waals surface area (Å²) in [5.74, 6) is 0.970. The molecule has 0 unspecified atom stereocenters. The highest BCUT2D eigenvalue weighted by Crippen LogP contribution is 2.39. The normalized spacial score (nSPS) is 10.2. The lowest BCUT2D eigenvalue weighted by atomic mass is 10.1. The molecule has 90 valence electrons. The number of phenolic OH excluding ortho intramolecular Hbond substituents is 1. The maximum Gasteiger partial charge on any atom is 0.222 e. The minimum Gasteiger partial charge on any atom is -0.504 e. The second kappa shape index (κ2) is 4.25. The number of nitrogens with zero attached hydrogens (tertiary/aromatic N) is 1. The topological polar surface area (TPSA) is 90.7 Å². The Morgan fingerprint density at radius 1 is 1.18 bits per heavy atom. The first kappa shape index (κ1) is 11.1. The molecule has 3 N–H and O–H groups in total. The lowest BCUT2D eigenvalue weighted by molar-refractivity contribution is 0.366. The smallest absolute Gasteiger partial charge is 0.222 e. The lowest BCUT2D eigenvalue weighted by Gasteiger charge is -2.09. The molecule has 0 spiro atoms. The Morgan fingerprint density at radius 3 is 2.41 bits per heavy atom. The zero-order valence-electron chi connectivity index (χ0n) is 9.43. The van der Waals surface area contributed by atoms with Crippen LogP contribution < -0.4 is 15.2 Å². The first-order valence-electron chi connectivity index (χ1n) is 4.83. The van der Waals surface area contributed by atoms with E-state index in [1.807, 2.05) is 0 Å². The molecule has 0 saturated heterocycles. The van der Waals surface area contributed by atoms with Gasteiger partial charge >= 0.3 is 0 Å². The number of methoxy groups -OCH3 is 2. The third-order valence-corrected chi connectivity index (χ3v) is 2.31. The number of phenols is 1. The van der Waals surface area contributed by atoms with Crippen molar-refractivity contribution in [2.45, 2.75) is 0 Å². The number of rotatable bonds is 3. The van der Waals surface area contributed by atoms with Gasteiger partial charge in [-0.3, -0.25) is 0 Å². The number of nitrogens with two attached hydrogens (primary N) is 1. The maximum atomic E-state index is 9.63. The second-order valence-corrected chi connectivity index (χ2v) is 3.34. The molecular weight excluding hydrogens is 224 g/mol. The fraction of sp³-hybridized carbons (Fsp3) is 0.182. The summed E-state index contributed by atoms with van der Waals surface area (Å²) < 4.78 is 15.0. The summed E-state index contributed by atoms with van der Waals surface area (Å²) >= 11 is 0. The number of aromatic hydroxyl groups is 1. The minimum absolute atomic E-state index is 0.00966. The van der Waals surface area contributed by atoms with Crippen LogP contribution in [0.4, 0.5) is 5.88 Å². The van der Waals surface area contributed by atoms with Crippen LogP contribution in [0.3, 0.4) is 0 Å². The van der Waals surface area contributed by atoms with Crippen molar-refractivity contribution >= 4 is 5.88 Å². The summed E-state index contributed by atoms with van der Waals surface area (Å²) in [6, 6.07) is 4.61. The van der Waals surface area contributed by atoms with E-state index in [4.69, 9.17) is 19.7 Å². The molecule has 0 aliphatic carbocycles. The summed E-state index contributed by atoms with van der Waals surface area (Å²) in [5.41, 5.74) is 6.60. The number of hydrogen-bond donors (Lipinski definition) is 2. The van der Waals surface area contributed by atoms with E-state index in [0.29, 0.717) is 22.8 Å². The predicted octanol–water partition coefficient (Wildman–Crippen LogP) is 1.65. The van der Waals surface area contributed by atoms with E-state index in [1.165, 1.54) is 20.3 Å². The highest BCUT2D eigenvalue weighted by Gasteiger charge is 2.15. The van der Waals surface area contributed by atoms with E-state index in [9.17, 15) is 5.11 Å². The zero-order valence-corrected chi connectivity index (χ0v) is 9.43. The molecule has 1 heterocycles. The van der Waals surface area contributed by atoms with Gasteiger partial charge in [-0.15, -0.1) is 0 Å². The van der Waals surface area contributed by atoms with E-state index < -0.39 is 0 Å². The van der Waals surface area contributed by atoms with Crippen LogP contribution in [-0.4, -0.2) is 24.5 Å². The molecule has 0 fully saturated rings. The molecule has 2 rings (SSSR count). The van der Waals surface area contributed by atoms with Crippen molar-refractivity contribution in [1.29, 1.82) is 0 Å². The second-order valence-electron chi connectivity index (χ2n) is 3.34. The van der Waals surface area contributed by atoms with Crippen LogP contribution in [0, 0.1) is 0 Å². The van der Waals surface area contributed by atoms with Gasteiger partial charge in [-0.25, -0.2) is 0 Å².